The molecule has 7 nitrogen and oxygen atoms in total. The summed E-state index contributed by atoms with van der Waals surface area (Å²) < 4.78 is 27.7. The lowest BCUT2D eigenvalue weighted by molar-refractivity contribution is 0.0788. The molecule has 4 aromatic rings. The van der Waals surface area contributed by atoms with Crippen molar-refractivity contribution in [2.75, 3.05) is 13.1 Å². The zero-order chi connectivity index (χ0) is 26.3. The summed E-state index contributed by atoms with van der Waals surface area (Å²) in [5.74, 6) is -0.489. The van der Waals surface area contributed by atoms with Gasteiger partial charge >= 0.3 is 0 Å². The van der Waals surface area contributed by atoms with Crippen molar-refractivity contribution in [2.24, 2.45) is 0 Å². The summed E-state index contributed by atoms with van der Waals surface area (Å²) in [7, 11) is -4.04. The van der Waals surface area contributed by atoms with E-state index in [4.69, 9.17) is 11.6 Å². The van der Waals surface area contributed by atoms with Crippen molar-refractivity contribution in [2.45, 2.75) is 36.2 Å². The van der Waals surface area contributed by atoms with E-state index < -0.39 is 15.7 Å². The fraction of sp³-hybridized carbons (Fsp3) is 0.214. The minimum Gasteiger partial charge on any atom is -0.349 e. The third-order valence-corrected chi connectivity index (χ3v) is 8.59. The Morgan fingerprint density at radius 3 is 2.51 bits per heavy atom. The number of aromatic nitrogens is 1. The standard InChI is InChI=1S/C28H25ClN4O3S/c1-17-9-18(2)11-23(10-17)37(35,36)27-24-12-21(29)7-8-25(24)32-26(27)28(34)31-22-15-33(16-22)14-20-6-4-3-5-19(20)13-30/h3-12,22,32H,14-16H2,1-2H3,(H,31,34). The van der Waals surface area contributed by atoms with Crippen LogP contribution in [0.4, 0.5) is 0 Å². The number of nitriles is 1. The van der Waals surface area contributed by atoms with Crippen LogP contribution >= 0.6 is 11.6 Å². The molecule has 0 bridgehead atoms. The Balaban J connectivity index is 1.42. The molecule has 0 unspecified atom stereocenters. The van der Waals surface area contributed by atoms with Gasteiger partial charge in [-0.1, -0.05) is 35.9 Å². The summed E-state index contributed by atoms with van der Waals surface area (Å²) in [4.78, 5) is 18.6. The summed E-state index contributed by atoms with van der Waals surface area (Å²) in [5, 5.41) is 13.0. The SMILES string of the molecule is Cc1cc(C)cc(S(=O)(=O)c2c(C(=O)NC3CN(Cc4ccccc4C#N)C3)[nH]c3ccc(Cl)cc23)c1. The second-order valence-corrected chi connectivity index (χ2v) is 11.8. The van der Waals surface area contributed by atoms with Crippen molar-refractivity contribution >= 4 is 38.2 Å². The number of hydrogen-bond donors (Lipinski definition) is 2. The Morgan fingerprint density at radius 2 is 1.81 bits per heavy atom. The molecule has 3 aromatic carbocycles. The van der Waals surface area contributed by atoms with Gasteiger partial charge in [-0.15, -0.1) is 0 Å². The quantitative estimate of drug-likeness (QED) is 0.372. The Hall–Kier alpha value is -3.64. The van der Waals surface area contributed by atoms with E-state index in [1.165, 1.54) is 0 Å². The molecular weight excluding hydrogens is 508 g/mol. The maximum Gasteiger partial charge on any atom is 0.269 e. The fourth-order valence-corrected chi connectivity index (χ4v) is 6.80. The van der Waals surface area contributed by atoms with Gasteiger partial charge in [0.2, 0.25) is 9.84 Å². The number of benzene rings is 3. The first-order valence-corrected chi connectivity index (χ1v) is 13.7. The summed E-state index contributed by atoms with van der Waals surface area (Å²) >= 11 is 6.21. The van der Waals surface area contributed by atoms with Gasteiger partial charge in [-0.2, -0.15) is 5.26 Å². The highest BCUT2D eigenvalue weighted by molar-refractivity contribution is 7.91. The minimum atomic E-state index is -4.04. The average molecular weight is 533 g/mol. The summed E-state index contributed by atoms with van der Waals surface area (Å²) in [6, 6.07) is 19.5. The lowest BCUT2D eigenvalue weighted by atomic mass is 10.0. The predicted octanol–water partition coefficient (Wildman–Crippen LogP) is 4.76. The second kappa shape index (κ2) is 9.67. The number of amides is 1. The predicted molar refractivity (Wildman–Crippen MR) is 142 cm³/mol. The molecule has 1 aromatic heterocycles. The van der Waals surface area contributed by atoms with Crippen LogP contribution in [0.3, 0.4) is 0 Å². The van der Waals surface area contributed by atoms with Gasteiger partial charge < -0.3 is 10.3 Å². The van der Waals surface area contributed by atoms with Crippen LogP contribution in [0, 0.1) is 25.2 Å². The molecule has 2 N–H and O–H groups in total. The number of carbonyl (C=O) groups is 1. The number of aryl methyl sites for hydroxylation is 2. The van der Waals surface area contributed by atoms with Crippen molar-refractivity contribution < 1.29 is 13.2 Å². The van der Waals surface area contributed by atoms with Crippen LogP contribution in [0.1, 0.15) is 32.7 Å². The van der Waals surface area contributed by atoms with Crippen molar-refractivity contribution in [1.82, 2.24) is 15.2 Å². The van der Waals surface area contributed by atoms with Crippen LogP contribution in [0.5, 0.6) is 0 Å². The first kappa shape index (κ1) is 25.0. The van der Waals surface area contributed by atoms with E-state index in [1.54, 1.807) is 36.4 Å². The lowest BCUT2D eigenvalue weighted by Crippen LogP contribution is -2.58. The Labute approximate surface area is 220 Å². The van der Waals surface area contributed by atoms with E-state index in [0.29, 0.717) is 41.1 Å². The zero-order valence-corrected chi connectivity index (χ0v) is 21.9. The smallest absolute Gasteiger partial charge is 0.269 e. The number of rotatable bonds is 6. The summed E-state index contributed by atoms with van der Waals surface area (Å²) in [6.07, 6.45) is 0. The fourth-order valence-electron chi connectivity index (χ4n) is 4.84. The van der Waals surface area contributed by atoms with E-state index in [9.17, 15) is 18.5 Å². The molecule has 0 saturated carbocycles. The molecule has 188 valence electrons. The van der Waals surface area contributed by atoms with E-state index in [0.717, 1.165) is 16.7 Å². The molecule has 0 aliphatic carbocycles. The molecule has 5 rings (SSSR count). The van der Waals surface area contributed by atoms with Crippen LogP contribution in [-0.2, 0) is 16.4 Å². The highest BCUT2D eigenvalue weighted by Gasteiger charge is 2.33. The zero-order valence-electron chi connectivity index (χ0n) is 20.4. The van der Waals surface area contributed by atoms with E-state index >= 15 is 0 Å². The highest BCUT2D eigenvalue weighted by atomic mass is 35.5. The molecule has 1 aliphatic heterocycles. The lowest BCUT2D eigenvalue weighted by Gasteiger charge is -2.39. The van der Waals surface area contributed by atoms with Gasteiger partial charge in [-0.3, -0.25) is 9.69 Å². The maximum atomic E-state index is 13.9. The van der Waals surface area contributed by atoms with Crippen LogP contribution in [0.25, 0.3) is 10.9 Å². The van der Waals surface area contributed by atoms with Gasteiger partial charge in [0.15, 0.2) is 0 Å². The van der Waals surface area contributed by atoms with E-state index in [-0.39, 0.29) is 21.5 Å². The third-order valence-electron chi connectivity index (χ3n) is 6.54. The van der Waals surface area contributed by atoms with E-state index in [2.05, 4.69) is 21.3 Å². The number of nitrogens with one attached hydrogen (secondary N) is 2. The summed E-state index contributed by atoms with van der Waals surface area (Å²) in [5.41, 5.74) is 3.70. The topological polar surface area (TPSA) is 106 Å². The van der Waals surface area contributed by atoms with Crippen LogP contribution < -0.4 is 5.32 Å². The Bertz CT molecular complexity index is 1660. The number of carbonyl (C=O) groups excluding carboxylic acids is 1. The first-order chi connectivity index (χ1) is 17.7. The normalized spacial score (nSPS) is 14.3. The van der Waals surface area contributed by atoms with Gasteiger partial charge in [0.05, 0.1) is 22.6 Å². The molecule has 1 fully saturated rings. The number of fused-ring (bicyclic) bond motifs is 1. The Morgan fingerprint density at radius 1 is 1.11 bits per heavy atom. The molecule has 2 heterocycles. The van der Waals surface area contributed by atoms with E-state index in [1.807, 2.05) is 38.1 Å². The molecule has 0 radical (unpaired) electrons. The third kappa shape index (κ3) is 4.86. The van der Waals surface area contributed by atoms with Crippen LogP contribution in [-0.4, -0.2) is 43.3 Å². The van der Waals surface area contributed by atoms with Crippen LogP contribution in [0.2, 0.25) is 5.02 Å². The maximum absolute atomic E-state index is 13.9. The van der Waals surface area contributed by atoms with Gasteiger partial charge in [0.25, 0.3) is 5.91 Å². The Kier molecular flexibility index (Phi) is 6.54. The van der Waals surface area contributed by atoms with Crippen LogP contribution in [0.15, 0.2) is 70.5 Å². The molecule has 1 aliphatic rings. The molecule has 1 saturated heterocycles. The molecule has 0 spiro atoms. The number of H-pyrrole nitrogens is 1. The van der Waals surface area contributed by atoms with Crippen molar-refractivity contribution in [1.29, 1.82) is 5.26 Å². The molecule has 37 heavy (non-hydrogen) atoms. The highest BCUT2D eigenvalue weighted by Crippen LogP contribution is 2.34. The summed E-state index contributed by atoms with van der Waals surface area (Å²) in [6.45, 7) is 5.47. The first-order valence-electron chi connectivity index (χ1n) is 11.8. The second-order valence-electron chi connectivity index (χ2n) is 9.48. The molecule has 9 heteroatoms. The van der Waals surface area contributed by atoms with Crippen molar-refractivity contribution in [3.05, 3.63) is 93.6 Å². The largest absolute Gasteiger partial charge is 0.349 e. The number of nitrogens with zero attached hydrogens (tertiary/aromatic N) is 2. The molecular formula is C28H25ClN4O3S. The average Bonchev–Trinajstić information content (AvgIpc) is 3.22. The van der Waals surface area contributed by atoms with Gasteiger partial charge in [-0.05, 0) is 66.9 Å². The van der Waals surface area contributed by atoms with Gasteiger partial charge in [0.1, 0.15) is 10.6 Å². The molecule has 0 atom stereocenters. The monoisotopic (exact) mass is 532 g/mol. The number of aromatic amines is 1. The van der Waals surface area contributed by atoms with Gasteiger partial charge in [-0.25, -0.2) is 8.42 Å². The number of halogens is 1. The van der Waals surface area contributed by atoms with Crippen molar-refractivity contribution in [3.8, 4) is 6.07 Å². The minimum absolute atomic E-state index is 0.00954. The van der Waals surface area contributed by atoms with Gasteiger partial charge in [0, 0.05) is 35.6 Å². The number of sulfone groups is 1. The van der Waals surface area contributed by atoms with Crippen molar-refractivity contribution in [3.63, 3.8) is 0 Å². The number of likely N-dealkylation sites (tertiary alicyclic amines) is 1. The number of hydrogen-bond acceptors (Lipinski definition) is 5. The molecule has 1 amide bonds.